The van der Waals surface area contributed by atoms with Crippen LogP contribution in [0.2, 0.25) is 0 Å². The highest BCUT2D eigenvalue weighted by Gasteiger charge is 2.22. The Hall–Kier alpha value is -3.17. The minimum Gasteiger partial charge on any atom is -0.490 e. The molecule has 0 aliphatic heterocycles. The molecular formula is C19H25FN6O3. The van der Waals surface area contributed by atoms with Crippen LogP contribution in [0.3, 0.4) is 0 Å². The van der Waals surface area contributed by atoms with Crippen molar-refractivity contribution in [1.82, 2.24) is 20.4 Å². The smallest absolute Gasteiger partial charge is 0.306 e. The lowest BCUT2D eigenvalue weighted by atomic mass is 10.1. The summed E-state index contributed by atoms with van der Waals surface area (Å²) in [5, 5.41) is 20.9. The third-order valence-corrected chi connectivity index (χ3v) is 4.67. The molecule has 156 valence electrons. The Morgan fingerprint density at radius 3 is 2.93 bits per heavy atom. The molecule has 1 aliphatic rings. The van der Waals surface area contributed by atoms with Crippen LogP contribution in [-0.2, 0) is 6.54 Å². The number of nitro groups is 1. The summed E-state index contributed by atoms with van der Waals surface area (Å²) in [4.78, 5) is 14.4. The van der Waals surface area contributed by atoms with Crippen LogP contribution in [0.1, 0.15) is 31.4 Å². The standard InChI is InChI=1S/C19H25FN6O3/c1-13(15-5-6-18(17(20)9-15)29-12-14-3-4-14)24-19(21-2)22-7-8-25-11-16(10-23-25)26(27)28/h5-6,9-11,13-14H,3-4,7-8,12H2,1-2H3,(H2,21,22,24). The van der Waals surface area contributed by atoms with E-state index in [0.29, 0.717) is 31.6 Å². The molecule has 0 saturated heterocycles. The Bertz CT molecular complexity index is 881. The summed E-state index contributed by atoms with van der Waals surface area (Å²) in [7, 11) is 1.64. The fourth-order valence-electron chi connectivity index (χ4n) is 2.74. The number of ether oxygens (including phenoxy) is 1. The van der Waals surface area contributed by atoms with Gasteiger partial charge in [-0.15, -0.1) is 0 Å². The van der Waals surface area contributed by atoms with Gasteiger partial charge in [0.15, 0.2) is 17.5 Å². The van der Waals surface area contributed by atoms with Crippen molar-refractivity contribution in [3.8, 4) is 5.75 Å². The van der Waals surface area contributed by atoms with Crippen LogP contribution in [0.5, 0.6) is 5.75 Å². The molecule has 1 saturated carbocycles. The third-order valence-electron chi connectivity index (χ3n) is 4.67. The van der Waals surface area contributed by atoms with Crippen molar-refractivity contribution >= 4 is 11.6 Å². The normalized spacial score (nSPS) is 15.1. The number of halogens is 1. The van der Waals surface area contributed by atoms with E-state index in [0.717, 1.165) is 18.4 Å². The SMILES string of the molecule is CN=C(NCCn1cc([N+](=O)[O-])cn1)NC(C)c1ccc(OCC2CC2)c(F)c1. The molecule has 1 aliphatic carbocycles. The quantitative estimate of drug-likeness (QED) is 0.288. The zero-order chi connectivity index (χ0) is 20.8. The Morgan fingerprint density at radius 2 is 2.31 bits per heavy atom. The lowest BCUT2D eigenvalue weighted by molar-refractivity contribution is -0.385. The van der Waals surface area contributed by atoms with Gasteiger partial charge in [0.2, 0.25) is 0 Å². The highest BCUT2D eigenvalue weighted by Crippen LogP contribution is 2.30. The summed E-state index contributed by atoms with van der Waals surface area (Å²) in [5.41, 5.74) is 0.722. The fourth-order valence-corrected chi connectivity index (χ4v) is 2.74. The van der Waals surface area contributed by atoms with Gasteiger partial charge in [-0.05, 0) is 43.4 Å². The van der Waals surface area contributed by atoms with Gasteiger partial charge in [-0.25, -0.2) is 4.39 Å². The van der Waals surface area contributed by atoms with E-state index >= 15 is 0 Å². The van der Waals surface area contributed by atoms with Crippen molar-refractivity contribution in [3.05, 3.63) is 52.1 Å². The summed E-state index contributed by atoms with van der Waals surface area (Å²) in [5.74, 6) is 1.01. The molecule has 0 spiro atoms. The first kappa shape index (κ1) is 20.6. The van der Waals surface area contributed by atoms with Crippen molar-refractivity contribution in [2.75, 3.05) is 20.2 Å². The number of benzene rings is 1. The number of hydrogen-bond acceptors (Lipinski definition) is 5. The molecule has 29 heavy (non-hydrogen) atoms. The molecule has 1 fully saturated rings. The molecule has 1 aromatic carbocycles. The van der Waals surface area contributed by atoms with E-state index in [1.807, 2.05) is 13.0 Å². The van der Waals surface area contributed by atoms with Gasteiger partial charge in [-0.2, -0.15) is 5.10 Å². The van der Waals surface area contributed by atoms with E-state index in [2.05, 4.69) is 20.7 Å². The zero-order valence-electron chi connectivity index (χ0n) is 16.5. The second kappa shape index (κ2) is 9.35. The number of aromatic nitrogens is 2. The van der Waals surface area contributed by atoms with E-state index in [1.54, 1.807) is 13.1 Å². The van der Waals surface area contributed by atoms with Gasteiger partial charge in [0.1, 0.15) is 12.4 Å². The number of nitrogens with zero attached hydrogens (tertiary/aromatic N) is 4. The topological polar surface area (TPSA) is 107 Å². The van der Waals surface area contributed by atoms with Gasteiger partial charge < -0.3 is 15.4 Å². The van der Waals surface area contributed by atoms with Crippen molar-refractivity contribution in [2.24, 2.45) is 10.9 Å². The molecule has 2 N–H and O–H groups in total. The van der Waals surface area contributed by atoms with E-state index in [-0.39, 0.29) is 23.3 Å². The predicted octanol–water partition coefficient (Wildman–Crippen LogP) is 2.65. The Kier molecular flexibility index (Phi) is 6.63. The summed E-state index contributed by atoms with van der Waals surface area (Å²) in [6.07, 6.45) is 4.89. The number of guanidine groups is 1. The van der Waals surface area contributed by atoms with Gasteiger partial charge in [0.25, 0.3) is 0 Å². The molecule has 3 rings (SSSR count). The second-order valence-electron chi connectivity index (χ2n) is 7.03. The van der Waals surface area contributed by atoms with Crippen molar-refractivity contribution in [2.45, 2.75) is 32.4 Å². The van der Waals surface area contributed by atoms with Gasteiger partial charge >= 0.3 is 5.69 Å². The molecule has 10 heteroatoms. The maximum absolute atomic E-state index is 14.3. The molecule has 1 heterocycles. The first-order valence-electron chi connectivity index (χ1n) is 9.52. The highest BCUT2D eigenvalue weighted by molar-refractivity contribution is 5.80. The first-order chi connectivity index (χ1) is 14.0. The van der Waals surface area contributed by atoms with Gasteiger partial charge in [0, 0.05) is 13.6 Å². The molecule has 1 unspecified atom stereocenters. The van der Waals surface area contributed by atoms with Crippen LogP contribution < -0.4 is 15.4 Å². The van der Waals surface area contributed by atoms with Crippen molar-refractivity contribution in [1.29, 1.82) is 0 Å². The summed E-state index contributed by atoms with van der Waals surface area (Å²) in [6, 6.07) is 4.78. The van der Waals surface area contributed by atoms with Crippen LogP contribution >= 0.6 is 0 Å². The molecule has 1 aromatic heterocycles. The van der Waals surface area contributed by atoms with E-state index in [9.17, 15) is 14.5 Å². The molecule has 9 nitrogen and oxygen atoms in total. The third kappa shape index (κ3) is 5.90. The highest BCUT2D eigenvalue weighted by atomic mass is 19.1. The second-order valence-corrected chi connectivity index (χ2v) is 7.03. The first-order valence-corrected chi connectivity index (χ1v) is 9.52. The number of aliphatic imine (C=N–C) groups is 1. The number of hydrogen-bond donors (Lipinski definition) is 2. The van der Waals surface area contributed by atoms with Crippen LogP contribution in [0, 0.1) is 21.8 Å². The maximum atomic E-state index is 14.3. The Balaban J connectivity index is 1.48. The molecular weight excluding hydrogens is 379 g/mol. The van der Waals surface area contributed by atoms with Crippen LogP contribution in [0.4, 0.5) is 10.1 Å². The summed E-state index contributed by atoms with van der Waals surface area (Å²) in [6.45, 7) is 3.38. The monoisotopic (exact) mass is 404 g/mol. The zero-order valence-corrected chi connectivity index (χ0v) is 16.5. The van der Waals surface area contributed by atoms with Gasteiger partial charge in [-0.3, -0.25) is 19.8 Å². The molecule has 0 amide bonds. The van der Waals surface area contributed by atoms with Crippen LogP contribution in [0.15, 0.2) is 35.6 Å². The average molecular weight is 404 g/mol. The largest absolute Gasteiger partial charge is 0.490 e. The van der Waals surface area contributed by atoms with Crippen LogP contribution in [-0.4, -0.2) is 40.9 Å². The van der Waals surface area contributed by atoms with Crippen LogP contribution in [0.25, 0.3) is 0 Å². The number of nitrogens with one attached hydrogen (secondary N) is 2. The predicted molar refractivity (Wildman–Crippen MR) is 106 cm³/mol. The minimum absolute atomic E-state index is 0.0484. The number of rotatable bonds is 9. The Morgan fingerprint density at radius 1 is 1.52 bits per heavy atom. The van der Waals surface area contributed by atoms with Crippen molar-refractivity contribution in [3.63, 3.8) is 0 Å². The Labute approximate surface area is 168 Å². The summed E-state index contributed by atoms with van der Waals surface area (Å²) >= 11 is 0. The maximum Gasteiger partial charge on any atom is 0.306 e. The van der Waals surface area contributed by atoms with Gasteiger partial charge in [0.05, 0.1) is 24.1 Å². The molecule has 0 bridgehead atoms. The lowest BCUT2D eigenvalue weighted by Crippen LogP contribution is -2.40. The average Bonchev–Trinajstić information content (AvgIpc) is 3.41. The van der Waals surface area contributed by atoms with E-state index in [4.69, 9.17) is 4.74 Å². The minimum atomic E-state index is -0.486. The molecule has 1 atom stereocenters. The van der Waals surface area contributed by atoms with E-state index < -0.39 is 4.92 Å². The molecule has 2 aromatic rings. The van der Waals surface area contributed by atoms with Crippen molar-refractivity contribution < 1.29 is 14.1 Å². The summed E-state index contributed by atoms with van der Waals surface area (Å²) < 4.78 is 21.3. The van der Waals surface area contributed by atoms with E-state index in [1.165, 1.54) is 23.1 Å². The molecule has 0 radical (unpaired) electrons. The lowest BCUT2D eigenvalue weighted by Gasteiger charge is -2.19. The van der Waals surface area contributed by atoms with Gasteiger partial charge in [-0.1, -0.05) is 6.07 Å². The fraction of sp³-hybridized carbons (Fsp3) is 0.474.